The zero-order chi connectivity index (χ0) is 14.8. The molecule has 0 saturated carbocycles. The summed E-state index contributed by atoms with van der Waals surface area (Å²) in [6.45, 7) is 0.934. The first-order chi connectivity index (χ1) is 9.47. The molecule has 1 aromatic rings. The van der Waals surface area contributed by atoms with Crippen molar-refractivity contribution in [3.8, 4) is 0 Å². The van der Waals surface area contributed by atoms with Gasteiger partial charge in [0, 0.05) is 26.2 Å². The van der Waals surface area contributed by atoms with Gasteiger partial charge in [-0.25, -0.2) is 8.78 Å². The molecule has 0 radical (unpaired) electrons. The Morgan fingerprint density at radius 1 is 1.30 bits per heavy atom. The molecule has 1 aliphatic rings. The molecule has 0 aromatic heterocycles. The second-order valence-corrected chi connectivity index (χ2v) is 5.54. The highest BCUT2D eigenvalue weighted by atomic mass is 35.5. The molecule has 0 amide bonds. The molecule has 20 heavy (non-hydrogen) atoms. The van der Waals surface area contributed by atoms with Crippen molar-refractivity contribution < 1.29 is 13.9 Å². The van der Waals surface area contributed by atoms with Gasteiger partial charge < -0.3 is 10.4 Å². The first kappa shape index (κ1) is 15.9. The fraction of sp³-hybridized carbons (Fsp3) is 0.538. The Morgan fingerprint density at radius 2 is 1.95 bits per heavy atom. The number of hydrogen-bond donors (Lipinski definition) is 2. The normalized spacial score (nSPS) is 19.1. The molecule has 112 valence electrons. The van der Waals surface area contributed by atoms with Gasteiger partial charge in [0.2, 0.25) is 0 Å². The topological polar surface area (TPSA) is 35.5 Å². The van der Waals surface area contributed by atoms with Crippen molar-refractivity contribution in [1.29, 1.82) is 0 Å². The molecule has 1 atom stereocenters. The smallest absolute Gasteiger partial charge is 0.289 e. The van der Waals surface area contributed by atoms with Gasteiger partial charge in [-0.2, -0.15) is 0 Å². The SMILES string of the molecule is OCC(F)(F)[C@H](c1cccc(Cl)c1Cl)N1CCNCC1. The molecule has 0 spiro atoms. The monoisotopic (exact) mass is 324 g/mol. The highest BCUT2D eigenvalue weighted by molar-refractivity contribution is 6.42. The Morgan fingerprint density at radius 3 is 2.55 bits per heavy atom. The lowest BCUT2D eigenvalue weighted by Gasteiger charge is -2.39. The average molecular weight is 325 g/mol. The van der Waals surface area contributed by atoms with Crippen molar-refractivity contribution in [2.24, 2.45) is 0 Å². The molecule has 0 aliphatic carbocycles. The minimum Gasteiger partial charge on any atom is -0.390 e. The van der Waals surface area contributed by atoms with E-state index in [1.165, 1.54) is 6.07 Å². The summed E-state index contributed by atoms with van der Waals surface area (Å²) in [5.74, 6) is -3.29. The van der Waals surface area contributed by atoms with Crippen LogP contribution in [0.3, 0.4) is 0 Å². The van der Waals surface area contributed by atoms with E-state index in [0.717, 1.165) is 0 Å². The van der Waals surface area contributed by atoms with Crippen LogP contribution in [0.2, 0.25) is 10.0 Å². The van der Waals surface area contributed by atoms with E-state index in [-0.39, 0.29) is 15.6 Å². The molecule has 3 nitrogen and oxygen atoms in total. The third-order valence-electron chi connectivity index (χ3n) is 3.40. The number of aliphatic hydroxyl groups is 1. The average Bonchev–Trinajstić information content (AvgIpc) is 2.45. The van der Waals surface area contributed by atoms with Crippen LogP contribution in [-0.2, 0) is 0 Å². The molecule has 0 bridgehead atoms. The number of nitrogens with one attached hydrogen (secondary N) is 1. The second-order valence-electron chi connectivity index (χ2n) is 4.75. The summed E-state index contributed by atoms with van der Waals surface area (Å²) in [5, 5.41) is 12.5. The second kappa shape index (κ2) is 6.54. The highest BCUT2D eigenvalue weighted by Gasteiger charge is 2.45. The van der Waals surface area contributed by atoms with Crippen molar-refractivity contribution >= 4 is 23.2 Å². The van der Waals surface area contributed by atoms with Gasteiger partial charge in [0.15, 0.2) is 0 Å². The number of halogens is 4. The minimum absolute atomic E-state index is 0.117. The predicted molar refractivity (Wildman–Crippen MR) is 75.7 cm³/mol. The lowest BCUT2D eigenvalue weighted by atomic mass is 9.98. The van der Waals surface area contributed by atoms with E-state index in [9.17, 15) is 8.78 Å². The van der Waals surface area contributed by atoms with Crippen molar-refractivity contribution in [1.82, 2.24) is 10.2 Å². The molecule has 2 rings (SSSR count). The zero-order valence-electron chi connectivity index (χ0n) is 10.8. The van der Waals surface area contributed by atoms with E-state index in [2.05, 4.69) is 5.32 Å². The Labute approximate surface area is 126 Å². The van der Waals surface area contributed by atoms with Gasteiger partial charge in [0.1, 0.15) is 12.6 Å². The molecule has 1 aromatic carbocycles. The largest absolute Gasteiger partial charge is 0.390 e. The lowest BCUT2D eigenvalue weighted by molar-refractivity contribution is -0.118. The standard InChI is InChI=1S/C13H16Cl2F2N2O/c14-10-3-1-2-9(11(10)15)12(13(16,17)8-20)19-6-4-18-5-7-19/h1-3,12,18,20H,4-8H2/t12-/m0/s1. The van der Waals surface area contributed by atoms with E-state index >= 15 is 0 Å². The van der Waals surface area contributed by atoms with Gasteiger partial charge >= 0.3 is 0 Å². The summed E-state index contributed by atoms with van der Waals surface area (Å²) in [7, 11) is 0. The third-order valence-corrected chi connectivity index (χ3v) is 4.24. The van der Waals surface area contributed by atoms with Crippen molar-refractivity contribution in [3.05, 3.63) is 33.8 Å². The fourth-order valence-electron chi connectivity index (χ4n) is 2.45. The summed E-state index contributed by atoms with van der Waals surface area (Å²) in [4.78, 5) is 1.63. The Hall–Kier alpha value is -0.460. The lowest BCUT2D eigenvalue weighted by Crippen LogP contribution is -2.51. The van der Waals surface area contributed by atoms with E-state index in [1.807, 2.05) is 0 Å². The molecule has 1 saturated heterocycles. The quantitative estimate of drug-likeness (QED) is 0.893. The van der Waals surface area contributed by atoms with Crippen molar-refractivity contribution in [2.45, 2.75) is 12.0 Å². The maximum atomic E-state index is 14.2. The summed E-state index contributed by atoms with van der Waals surface area (Å²) >= 11 is 12.0. The van der Waals surface area contributed by atoms with Crippen LogP contribution in [0, 0.1) is 0 Å². The van der Waals surface area contributed by atoms with Crippen LogP contribution >= 0.6 is 23.2 Å². The number of rotatable bonds is 4. The fourth-order valence-corrected chi connectivity index (χ4v) is 2.86. The van der Waals surface area contributed by atoms with Crippen LogP contribution in [0.4, 0.5) is 8.78 Å². The van der Waals surface area contributed by atoms with Crippen LogP contribution in [-0.4, -0.2) is 48.7 Å². The number of hydrogen-bond acceptors (Lipinski definition) is 3. The molecule has 1 fully saturated rings. The van der Waals surface area contributed by atoms with Crippen LogP contribution < -0.4 is 5.32 Å². The Kier molecular flexibility index (Phi) is 5.20. The third kappa shape index (κ3) is 3.23. The van der Waals surface area contributed by atoms with Crippen LogP contribution in [0.1, 0.15) is 11.6 Å². The number of piperazine rings is 1. The first-order valence-electron chi connectivity index (χ1n) is 6.34. The van der Waals surface area contributed by atoms with E-state index in [0.29, 0.717) is 26.2 Å². The van der Waals surface area contributed by atoms with Gasteiger partial charge in [-0.05, 0) is 11.6 Å². The van der Waals surface area contributed by atoms with Crippen molar-refractivity contribution in [3.63, 3.8) is 0 Å². The van der Waals surface area contributed by atoms with E-state index < -0.39 is 18.6 Å². The van der Waals surface area contributed by atoms with E-state index in [1.54, 1.807) is 17.0 Å². The Balaban J connectivity index is 2.42. The predicted octanol–water partition coefficient (Wildman–Crippen LogP) is 2.57. The number of alkyl halides is 2. The van der Waals surface area contributed by atoms with Gasteiger partial charge in [-0.3, -0.25) is 4.90 Å². The summed E-state index contributed by atoms with van der Waals surface area (Å²) in [5.41, 5.74) is 0.250. The maximum Gasteiger partial charge on any atom is 0.289 e. The molecule has 1 aliphatic heterocycles. The van der Waals surface area contributed by atoms with Crippen LogP contribution in [0.15, 0.2) is 18.2 Å². The Bertz CT molecular complexity index is 468. The van der Waals surface area contributed by atoms with Gasteiger partial charge in [-0.1, -0.05) is 35.3 Å². The number of nitrogens with zero attached hydrogens (tertiary/aromatic N) is 1. The minimum atomic E-state index is -3.29. The molecule has 2 N–H and O–H groups in total. The summed E-state index contributed by atoms with van der Waals surface area (Å²) < 4.78 is 28.4. The van der Waals surface area contributed by atoms with Crippen LogP contribution in [0.25, 0.3) is 0 Å². The van der Waals surface area contributed by atoms with Crippen LogP contribution in [0.5, 0.6) is 0 Å². The summed E-state index contributed by atoms with van der Waals surface area (Å²) in [6.07, 6.45) is 0. The molecule has 1 heterocycles. The summed E-state index contributed by atoms with van der Waals surface area (Å²) in [6, 6.07) is 3.40. The highest BCUT2D eigenvalue weighted by Crippen LogP contribution is 2.41. The molecular weight excluding hydrogens is 309 g/mol. The maximum absolute atomic E-state index is 14.2. The number of aliphatic hydroxyl groups excluding tert-OH is 1. The zero-order valence-corrected chi connectivity index (χ0v) is 12.3. The first-order valence-corrected chi connectivity index (χ1v) is 7.10. The van der Waals surface area contributed by atoms with Gasteiger partial charge in [-0.15, -0.1) is 0 Å². The number of benzene rings is 1. The van der Waals surface area contributed by atoms with Gasteiger partial charge in [0.25, 0.3) is 5.92 Å². The molecule has 7 heteroatoms. The molecular formula is C13H16Cl2F2N2O. The van der Waals surface area contributed by atoms with Crippen molar-refractivity contribution in [2.75, 3.05) is 32.8 Å². The van der Waals surface area contributed by atoms with E-state index in [4.69, 9.17) is 28.3 Å². The molecule has 0 unspecified atom stereocenters. The van der Waals surface area contributed by atoms with Gasteiger partial charge in [0.05, 0.1) is 10.0 Å².